The Hall–Kier alpha value is -1.03. The quantitative estimate of drug-likeness (QED) is 0.895. The zero-order chi connectivity index (χ0) is 12.1. The van der Waals surface area contributed by atoms with Crippen LogP contribution in [0.5, 0.6) is 5.75 Å². The van der Waals surface area contributed by atoms with Crippen LogP contribution in [0.4, 0.5) is 5.69 Å². The van der Waals surface area contributed by atoms with Gasteiger partial charge in [0.2, 0.25) is 0 Å². The summed E-state index contributed by atoms with van der Waals surface area (Å²) in [4.78, 5) is 0. The summed E-state index contributed by atoms with van der Waals surface area (Å²) in [6, 6.07) is 7.56. The van der Waals surface area contributed by atoms with E-state index in [1.54, 1.807) is 7.11 Å². The van der Waals surface area contributed by atoms with Gasteiger partial charge in [-0.05, 0) is 37.1 Å². The van der Waals surface area contributed by atoms with E-state index in [9.17, 15) is 4.21 Å². The summed E-state index contributed by atoms with van der Waals surface area (Å²) in [6.45, 7) is 0. The van der Waals surface area contributed by atoms with Gasteiger partial charge in [-0.2, -0.15) is 0 Å². The van der Waals surface area contributed by atoms with Crippen molar-refractivity contribution in [2.45, 2.75) is 37.4 Å². The first-order valence-electron chi connectivity index (χ1n) is 6.11. The summed E-state index contributed by atoms with van der Waals surface area (Å²) < 4.78 is 20.3. The first-order chi connectivity index (χ1) is 8.29. The average molecular weight is 253 g/mol. The van der Waals surface area contributed by atoms with E-state index in [4.69, 9.17) is 4.74 Å². The molecule has 1 aliphatic carbocycles. The highest BCUT2D eigenvalue weighted by Crippen LogP contribution is 2.23. The fourth-order valence-corrected chi connectivity index (χ4v) is 3.43. The van der Waals surface area contributed by atoms with Gasteiger partial charge in [-0.25, -0.2) is 4.21 Å². The van der Waals surface area contributed by atoms with Crippen LogP contribution >= 0.6 is 0 Å². The third-order valence-corrected chi connectivity index (χ3v) is 4.68. The molecule has 4 heteroatoms. The monoisotopic (exact) mass is 253 g/mol. The van der Waals surface area contributed by atoms with E-state index in [0.717, 1.165) is 24.3 Å². The summed E-state index contributed by atoms with van der Waals surface area (Å²) in [7, 11) is 0.685. The highest BCUT2D eigenvalue weighted by atomic mass is 32.2. The smallest absolute Gasteiger partial charge is 0.120 e. The van der Waals surface area contributed by atoms with Gasteiger partial charge in [0.1, 0.15) is 16.7 Å². The SMILES string of the molecule is COc1ccc(NS(=O)C2CCCCC2)cc1. The van der Waals surface area contributed by atoms with Gasteiger partial charge in [0.25, 0.3) is 0 Å². The van der Waals surface area contributed by atoms with Gasteiger partial charge in [0, 0.05) is 5.69 Å². The van der Waals surface area contributed by atoms with Crippen LogP contribution in [-0.2, 0) is 11.0 Å². The fraction of sp³-hybridized carbons (Fsp3) is 0.538. The number of hydrogen-bond donors (Lipinski definition) is 1. The predicted octanol–water partition coefficient (Wildman–Crippen LogP) is 3.10. The Kier molecular flexibility index (Phi) is 4.42. The second-order valence-electron chi connectivity index (χ2n) is 4.39. The van der Waals surface area contributed by atoms with E-state index in [1.807, 2.05) is 24.3 Å². The molecule has 1 saturated carbocycles. The lowest BCUT2D eigenvalue weighted by molar-refractivity contribution is 0.415. The van der Waals surface area contributed by atoms with Crippen molar-refractivity contribution in [3.8, 4) is 5.75 Å². The maximum Gasteiger partial charge on any atom is 0.120 e. The number of rotatable bonds is 4. The number of benzene rings is 1. The van der Waals surface area contributed by atoms with Crippen molar-refractivity contribution in [2.24, 2.45) is 0 Å². The second kappa shape index (κ2) is 6.05. The van der Waals surface area contributed by atoms with E-state index in [2.05, 4.69) is 4.72 Å². The van der Waals surface area contributed by atoms with Crippen LogP contribution in [0.25, 0.3) is 0 Å². The summed E-state index contributed by atoms with van der Waals surface area (Å²) in [5.74, 6) is 0.819. The Morgan fingerprint density at radius 3 is 2.41 bits per heavy atom. The van der Waals surface area contributed by atoms with Crippen molar-refractivity contribution in [2.75, 3.05) is 11.8 Å². The minimum Gasteiger partial charge on any atom is -0.497 e. The van der Waals surface area contributed by atoms with Crippen LogP contribution < -0.4 is 9.46 Å². The molecule has 0 radical (unpaired) electrons. The molecule has 1 aliphatic rings. The number of hydrogen-bond acceptors (Lipinski definition) is 2. The van der Waals surface area contributed by atoms with E-state index < -0.39 is 11.0 Å². The van der Waals surface area contributed by atoms with E-state index in [1.165, 1.54) is 19.3 Å². The molecule has 1 N–H and O–H groups in total. The maximum absolute atomic E-state index is 12.1. The van der Waals surface area contributed by atoms with Gasteiger partial charge < -0.3 is 9.46 Å². The number of anilines is 1. The number of nitrogens with one attached hydrogen (secondary N) is 1. The molecule has 0 heterocycles. The lowest BCUT2D eigenvalue weighted by Crippen LogP contribution is -2.23. The molecule has 1 aromatic rings. The molecule has 0 amide bonds. The van der Waals surface area contributed by atoms with E-state index >= 15 is 0 Å². The molecule has 1 aromatic carbocycles. The molecule has 0 spiro atoms. The summed E-state index contributed by atoms with van der Waals surface area (Å²) in [5, 5.41) is 0.311. The summed E-state index contributed by atoms with van der Waals surface area (Å²) in [5.41, 5.74) is 0.898. The Morgan fingerprint density at radius 2 is 1.82 bits per heavy atom. The molecule has 0 bridgehead atoms. The Labute approximate surface area is 105 Å². The lowest BCUT2D eigenvalue weighted by atomic mass is 10.0. The first-order valence-corrected chi connectivity index (χ1v) is 7.32. The van der Waals surface area contributed by atoms with Crippen molar-refractivity contribution in [1.82, 2.24) is 0 Å². The van der Waals surface area contributed by atoms with Crippen molar-refractivity contribution in [3.05, 3.63) is 24.3 Å². The van der Waals surface area contributed by atoms with Crippen LogP contribution in [0.3, 0.4) is 0 Å². The van der Waals surface area contributed by atoms with E-state index in [-0.39, 0.29) is 0 Å². The molecule has 94 valence electrons. The van der Waals surface area contributed by atoms with Gasteiger partial charge >= 0.3 is 0 Å². The number of methoxy groups -OCH3 is 1. The molecule has 2 rings (SSSR count). The van der Waals surface area contributed by atoms with Crippen LogP contribution in [0.15, 0.2) is 24.3 Å². The Bertz CT molecular complexity index is 372. The van der Waals surface area contributed by atoms with Crippen LogP contribution in [0.1, 0.15) is 32.1 Å². The molecule has 17 heavy (non-hydrogen) atoms. The highest BCUT2D eigenvalue weighted by Gasteiger charge is 2.19. The van der Waals surface area contributed by atoms with Gasteiger partial charge in [-0.1, -0.05) is 19.3 Å². The largest absolute Gasteiger partial charge is 0.497 e. The predicted molar refractivity (Wildman–Crippen MR) is 71.6 cm³/mol. The first kappa shape index (κ1) is 12.4. The minimum atomic E-state index is -0.957. The molecular formula is C13H19NO2S. The summed E-state index contributed by atoms with van der Waals surface area (Å²) in [6.07, 6.45) is 5.86. The zero-order valence-electron chi connectivity index (χ0n) is 10.1. The summed E-state index contributed by atoms with van der Waals surface area (Å²) >= 11 is 0. The molecular weight excluding hydrogens is 234 g/mol. The molecule has 0 aromatic heterocycles. The normalized spacial score (nSPS) is 18.6. The van der Waals surface area contributed by atoms with Crippen LogP contribution in [0, 0.1) is 0 Å². The highest BCUT2D eigenvalue weighted by molar-refractivity contribution is 7.87. The maximum atomic E-state index is 12.1. The molecule has 3 nitrogen and oxygen atoms in total. The Balaban J connectivity index is 1.92. The van der Waals surface area contributed by atoms with Crippen LogP contribution in [0.2, 0.25) is 0 Å². The molecule has 0 aliphatic heterocycles. The Morgan fingerprint density at radius 1 is 1.18 bits per heavy atom. The molecule has 0 saturated heterocycles. The zero-order valence-corrected chi connectivity index (χ0v) is 11.0. The third kappa shape index (κ3) is 3.46. The fourth-order valence-electron chi connectivity index (χ4n) is 2.14. The van der Waals surface area contributed by atoms with Crippen molar-refractivity contribution < 1.29 is 8.95 Å². The minimum absolute atomic E-state index is 0.311. The second-order valence-corrected chi connectivity index (χ2v) is 5.85. The topological polar surface area (TPSA) is 38.3 Å². The van der Waals surface area contributed by atoms with Gasteiger partial charge in [-0.15, -0.1) is 0 Å². The lowest BCUT2D eigenvalue weighted by Gasteiger charge is -2.21. The van der Waals surface area contributed by atoms with Crippen molar-refractivity contribution in [1.29, 1.82) is 0 Å². The standard InChI is InChI=1S/C13H19NO2S/c1-16-12-9-7-11(8-10-12)14-17(15)13-5-3-2-4-6-13/h7-10,13-14H,2-6H2,1H3. The van der Waals surface area contributed by atoms with Gasteiger partial charge in [0.15, 0.2) is 0 Å². The van der Waals surface area contributed by atoms with E-state index in [0.29, 0.717) is 5.25 Å². The van der Waals surface area contributed by atoms with Gasteiger partial charge in [-0.3, -0.25) is 0 Å². The molecule has 1 fully saturated rings. The van der Waals surface area contributed by atoms with Crippen molar-refractivity contribution >= 4 is 16.7 Å². The average Bonchev–Trinajstić information content (AvgIpc) is 2.40. The molecule has 1 unspecified atom stereocenters. The van der Waals surface area contributed by atoms with Gasteiger partial charge in [0.05, 0.1) is 12.4 Å². The molecule has 1 atom stereocenters. The van der Waals surface area contributed by atoms with Crippen LogP contribution in [-0.4, -0.2) is 16.6 Å². The van der Waals surface area contributed by atoms with Crippen molar-refractivity contribution in [3.63, 3.8) is 0 Å². The number of ether oxygens (including phenoxy) is 1. The third-order valence-electron chi connectivity index (χ3n) is 3.16.